The number of fused-ring (bicyclic) bond motifs is 1. The van der Waals surface area contributed by atoms with Crippen LogP contribution in [0.15, 0.2) is 55.1 Å². The summed E-state index contributed by atoms with van der Waals surface area (Å²) in [4.78, 5) is 23.6. The van der Waals surface area contributed by atoms with Crippen molar-refractivity contribution in [3.05, 3.63) is 77.8 Å². The maximum Gasteiger partial charge on any atom is 0.255 e. The molecule has 0 bridgehead atoms. The number of halogens is 3. The van der Waals surface area contributed by atoms with Crippen molar-refractivity contribution < 1.29 is 22.7 Å². The molecule has 7 nitrogen and oxygen atoms in total. The Morgan fingerprint density at radius 3 is 2.65 bits per heavy atom. The predicted octanol–water partition coefficient (Wildman–Crippen LogP) is 5.30. The van der Waals surface area contributed by atoms with E-state index < -0.39 is 24.1 Å². The molecule has 1 amide bonds. The van der Waals surface area contributed by atoms with Crippen LogP contribution in [-0.4, -0.2) is 53.0 Å². The average molecular weight is 510 g/mol. The van der Waals surface area contributed by atoms with Crippen LogP contribution in [0.2, 0.25) is 0 Å². The lowest BCUT2D eigenvalue weighted by atomic mass is 10.00. The van der Waals surface area contributed by atoms with Gasteiger partial charge < -0.3 is 19.4 Å². The topological polar surface area (TPSA) is 71.8 Å². The van der Waals surface area contributed by atoms with Crippen LogP contribution in [0.4, 0.5) is 24.5 Å². The number of carbonyl (C=O) groups is 1. The first kappa shape index (κ1) is 24.8. The molecular weight excluding hydrogens is 483 g/mol. The number of anilines is 2. The summed E-state index contributed by atoms with van der Waals surface area (Å²) in [5.41, 5.74) is 4.22. The van der Waals surface area contributed by atoms with E-state index >= 15 is 0 Å². The van der Waals surface area contributed by atoms with Gasteiger partial charge in [-0.2, -0.15) is 0 Å². The third kappa shape index (κ3) is 5.01. The molecule has 4 aromatic rings. The van der Waals surface area contributed by atoms with Crippen LogP contribution in [0.3, 0.4) is 0 Å². The Morgan fingerprint density at radius 1 is 1.11 bits per heavy atom. The molecule has 192 valence electrons. The number of rotatable bonds is 6. The van der Waals surface area contributed by atoms with Gasteiger partial charge in [-0.15, -0.1) is 0 Å². The van der Waals surface area contributed by atoms with E-state index in [-0.39, 0.29) is 16.9 Å². The minimum Gasteiger partial charge on any atom is -0.378 e. The average Bonchev–Trinajstić information content (AvgIpc) is 3.38. The summed E-state index contributed by atoms with van der Waals surface area (Å²) in [6.07, 6.45) is 4.18. The van der Waals surface area contributed by atoms with E-state index in [1.165, 1.54) is 31.3 Å². The van der Waals surface area contributed by atoms with Gasteiger partial charge in [0.2, 0.25) is 6.43 Å². The van der Waals surface area contributed by atoms with Crippen LogP contribution in [0.1, 0.15) is 34.5 Å². The zero-order chi connectivity index (χ0) is 26.1. The van der Waals surface area contributed by atoms with Crippen molar-refractivity contribution in [1.29, 1.82) is 0 Å². The molecule has 0 radical (unpaired) electrons. The number of morpholine rings is 1. The van der Waals surface area contributed by atoms with E-state index in [2.05, 4.69) is 20.2 Å². The number of carbonyl (C=O) groups excluding carboxylic acids is 1. The molecule has 0 aliphatic carbocycles. The van der Waals surface area contributed by atoms with Gasteiger partial charge in [-0.05, 0) is 48.4 Å². The van der Waals surface area contributed by atoms with E-state index in [0.29, 0.717) is 18.8 Å². The number of hydrogen-bond acceptors (Lipinski definition) is 5. The summed E-state index contributed by atoms with van der Waals surface area (Å²) in [6.45, 7) is 5.84. The molecule has 4 heterocycles. The highest BCUT2D eigenvalue weighted by Crippen LogP contribution is 2.33. The van der Waals surface area contributed by atoms with Crippen molar-refractivity contribution in [2.45, 2.75) is 26.2 Å². The van der Waals surface area contributed by atoms with Crippen molar-refractivity contribution in [2.24, 2.45) is 0 Å². The number of nitrogens with one attached hydrogen (secondary N) is 1. The van der Waals surface area contributed by atoms with Gasteiger partial charge in [0.05, 0.1) is 30.5 Å². The number of imidazole rings is 1. The predicted molar refractivity (Wildman–Crippen MR) is 135 cm³/mol. The molecule has 1 aromatic carbocycles. The molecule has 37 heavy (non-hydrogen) atoms. The number of alkyl halides is 2. The van der Waals surface area contributed by atoms with Crippen LogP contribution in [0.5, 0.6) is 0 Å². The summed E-state index contributed by atoms with van der Waals surface area (Å²) in [5.74, 6) is -2.34. The molecule has 3 aromatic heterocycles. The molecular formula is C27H26F3N5O2. The van der Waals surface area contributed by atoms with Crippen LogP contribution >= 0.6 is 0 Å². The van der Waals surface area contributed by atoms with Crippen LogP contribution < -0.4 is 10.2 Å². The molecule has 10 heteroatoms. The summed E-state index contributed by atoms with van der Waals surface area (Å²) >= 11 is 0. The normalized spacial score (nSPS) is 14.8. The molecule has 1 atom stereocenters. The highest BCUT2D eigenvalue weighted by Gasteiger charge is 2.21. The molecule has 1 aliphatic heterocycles. The second kappa shape index (κ2) is 10.2. The molecule has 0 spiro atoms. The number of nitrogens with zero attached hydrogens (tertiary/aromatic N) is 4. The molecule has 1 aliphatic rings. The lowest BCUT2D eigenvalue weighted by Crippen LogP contribution is -2.36. The van der Waals surface area contributed by atoms with Crippen LogP contribution in [0, 0.1) is 12.7 Å². The van der Waals surface area contributed by atoms with Gasteiger partial charge >= 0.3 is 0 Å². The summed E-state index contributed by atoms with van der Waals surface area (Å²) in [7, 11) is 0. The Morgan fingerprint density at radius 2 is 1.89 bits per heavy atom. The van der Waals surface area contributed by atoms with Crippen molar-refractivity contribution in [3.63, 3.8) is 0 Å². The van der Waals surface area contributed by atoms with Gasteiger partial charge in [0.1, 0.15) is 5.82 Å². The Balaban J connectivity index is 1.49. The largest absolute Gasteiger partial charge is 0.378 e. The first-order valence-corrected chi connectivity index (χ1v) is 12.0. The molecule has 1 N–H and O–H groups in total. The van der Waals surface area contributed by atoms with Gasteiger partial charge in [0.25, 0.3) is 5.91 Å². The zero-order valence-corrected chi connectivity index (χ0v) is 20.4. The van der Waals surface area contributed by atoms with Crippen molar-refractivity contribution >= 4 is 22.9 Å². The molecule has 1 saturated heterocycles. The van der Waals surface area contributed by atoms with E-state index in [4.69, 9.17) is 4.74 Å². The Kier molecular flexibility index (Phi) is 6.84. The van der Waals surface area contributed by atoms with Gasteiger partial charge in [-0.1, -0.05) is 6.92 Å². The Hall–Kier alpha value is -3.92. The fourth-order valence-corrected chi connectivity index (χ4v) is 4.44. The lowest BCUT2D eigenvalue weighted by Gasteiger charge is -2.29. The van der Waals surface area contributed by atoms with Gasteiger partial charge in [0.15, 0.2) is 5.65 Å². The minimum absolute atomic E-state index is 0.00970. The monoisotopic (exact) mass is 509 g/mol. The number of ether oxygens (including phenoxy) is 1. The molecule has 5 rings (SSSR count). The smallest absolute Gasteiger partial charge is 0.255 e. The Labute approximate surface area is 211 Å². The summed E-state index contributed by atoms with van der Waals surface area (Å²) in [6, 6.07) is 7.69. The number of pyridine rings is 2. The number of benzene rings is 1. The fraction of sp³-hybridized carbons (Fsp3) is 0.296. The zero-order valence-electron chi connectivity index (χ0n) is 20.4. The third-order valence-electron chi connectivity index (χ3n) is 6.58. The lowest BCUT2D eigenvalue weighted by molar-refractivity contribution is 0.102. The van der Waals surface area contributed by atoms with Crippen molar-refractivity contribution in [2.75, 3.05) is 36.5 Å². The maximum absolute atomic E-state index is 14.9. The standard InChI is InChI=1S/C27H26F3N5O2/c1-16-11-21(28)23(33-27(36)18-3-4-31-22(12-18)17(2)25(29)30)14-20(16)19-13-24(34-7-9-37-10-8-34)26-32-5-6-35(26)15-19/h3-6,11-15,17,25H,7-10H2,1-2H3,(H,33,36). The minimum atomic E-state index is -2.61. The van der Waals surface area contributed by atoms with Crippen LogP contribution in [0.25, 0.3) is 16.8 Å². The molecule has 0 saturated carbocycles. The highest BCUT2D eigenvalue weighted by molar-refractivity contribution is 6.04. The second-order valence-electron chi connectivity index (χ2n) is 9.07. The number of aromatic nitrogens is 3. The second-order valence-corrected chi connectivity index (χ2v) is 9.07. The van der Waals surface area contributed by atoms with E-state index in [1.807, 2.05) is 22.9 Å². The van der Waals surface area contributed by atoms with E-state index in [1.54, 1.807) is 19.2 Å². The molecule has 1 fully saturated rings. The fourth-order valence-electron chi connectivity index (χ4n) is 4.44. The van der Waals surface area contributed by atoms with Gasteiger partial charge in [-0.25, -0.2) is 18.2 Å². The van der Waals surface area contributed by atoms with Crippen molar-refractivity contribution in [1.82, 2.24) is 14.4 Å². The summed E-state index contributed by atoms with van der Waals surface area (Å²) in [5, 5.41) is 2.59. The van der Waals surface area contributed by atoms with Crippen LogP contribution in [-0.2, 0) is 4.74 Å². The Bertz CT molecular complexity index is 1450. The van der Waals surface area contributed by atoms with Crippen molar-refractivity contribution in [3.8, 4) is 11.1 Å². The number of amides is 1. The number of aryl methyl sites for hydroxylation is 1. The van der Waals surface area contributed by atoms with E-state index in [0.717, 1.165) is 35.6 Å². The molecule has 1 unspecified atom stereocenters. The van der Waals surface area contributed by atoms with E-state index in [9.17, 15) is 18.0 Å². The maximum atomic E-state index is 14.9. The first-order chi connectivity index (χ1) is 17.8. The van der Waals surface area contributed by atoms with Gasteiger partial charge in [0, 0.05) is 54.7 Å². The quantitative estimate of drug-likeness (QED) is 0.382. The SMILES string of the molecule is Cc1cc(F)c(NC(=O)c2ccnc(C(C)C(F)F)c2)cc1-c1cc(N2CCOCC2)c2nccn2c1. The highest BCUT2D eigenvalue weighted by atomic mass is 19.3. The summed E-state index contributed by atoms with van der Waals surface area (Å²) < 4.78 is 48.6. The third-order valence-corrected chi connectivity index (χ3v) is 6.58. The first-order valence-electron chi connectivity index (χ1n) is 12.0. The number of hydrogen-bond donors (Lipinski definition) is 1. The van der Waals surface area contributed by atoms with Gasteiger partial charge in [-0.3, -0.25) is 9.78 Å².